The molecule has 0 unspecified atom stereocenters. The minimum Gasteiger partial charge on any atom is -0.451 e. The Morgan fingerprint density at radius 2 is 1.65 bits per heavy atom. The lowest BCUT2D eigenvalue weighted by molar-refractivity contribution is -0.158. The van der Waals surface area contributed by atoms with Gasteiger partial charge in [-0.3, -0.25) is 9.59 Å². The van der Waals surface area contributed by atoms with E-state index >= 15 is 0 Å². The van der Waals surface area contributed by atoms with Crippen LogP contribution in [0.5, 0.6) is 0 Å². The van der Waals surface area contributed by atoms with E-state index in [9.17, 15) is 14.4 Å². The van der Waals surface area contributed by atoms with E-state index < -0.39 is 24.0 Å². The number of esters is 1. The molecule has 5 rings (SSSR count). The third kappa shape index (κ3) is 4.30. The number of nitriles is 1. The van der Waals surface area contributed by atoms with Crippen LogP contribution in [0.15, 0.2) is 24.3 Å². The Bertz CT molecular complexity index is 900. The number of amides is 2. The predicted molar refractivity (Wildman–Crippen MR) is 114 cm³/mol. The number of carbonyl (C=O) groups excluding carboxylic acids is 3. The molecule has 4 fully saturated rings. The molecular formula is C24H29N3O4. The number of hydrogen-bond acceptors (Lipinski definition) is 5. The second kappa shape index (κ2) is 8.33. The standard InChI is InChI=1S/C24H29N3O4/c1-14(26-23(30)24-10-16-7-17(11-24)9-18(8-16)12-24)22(29)31-15(2)21(28)27-20-6-4-3-5-19(20)13-25/h3-6,14-18H,7-12H2,1-2H3,(H,26,30)(H,27,28)/t14-,15+,16?,17?,18?,24?/m0/s1. The Morgan fingerprint density at radius 3 is 2.23 bits per heavy atom. The molecule has 4 aliphatic rings. The fraction of sp³-hybridized carbons (Fsp3) is 0.583. The molecule has 2 amide bonds. The lowest BCUT2D eigenvalue weighted by atomic mass is 9.49. The van der Waals surface area contributed by atoms with Crippen LogP contribution in [0.2, 0.25) is 0 Å². The molecule has 0 aliphatic heterocycles. The van der Waals surface area contributed by atoms with Crippen LogP contribution in [0.3, 0.4) is 0 Å². The van der Waals surface area contributed by atoms with Crippen LogP contribution in [0.4, 0.5) is 5.69 Å². The number of hydrogen-bond donors (Lipinski definition) is 2. The summed E-state index contributed by atoms with van der Waals surface area (Å²) in [6.45, 7) is 3.06. The molecule has 7 nitrogen and oxygen atoms in total. The zero-order valence-electron chi connectivity index (χ0n) is 18.0. The van der Waals surface area contributed by atoms with Gasteiger partial charge in [-0.05, 0) is 82.3 Å². The summed E-state index contributed by atoms with van der Waals surface area (Å²) >= 11 is 0. The Balaban J connectivity index is 1.31. The van der Waals surface area contributed by atoms with Crippen LogP contribution in [-0.4, -0.2) is 29.9 Å². The lowest BCUT2D eigenvalue weighted by Gasteiger charge is -2.55. The number of rotatable bonds is 6. The van der Waals surface area contributed by atoms with E-state index in [-0.39, 0.29) is 11.3 Å². The molecule has 0 aromatic heterocycles. The zero-order chi connectivity index (χ0) is 22.2. The minimum absolute atomic E-state index is 0.0453. The lowest BCUT2D eigenvalue weighted by Crippen LogP contribution is -2.56. The normalized spacial score (nSPS) is 30.0. The van der Waals surface area contributed by atoms with Gasteiger partial charge in [0.15, 0.2) is 6.10 Å². The van der Waals surface area contributed by atoms with Crippen molar-refractivity contribution in [3.63, 3.8) is 0 Å². The van der Waals surface area contributed by atoms with Gasteiger partial charge in [0, 0.05) is 5.41 Å². The number of benzene rings is 1. The van der Waals surface area contributed by atoms with Crippen LogP contribution in [-0.2, 0) is 19.1 Å². The molecule has 1 aromatic carbocycles. The van der Waals surface area contributed by atoms with Crippen LogP contribution in [0, 0.1) is 34.5 Å². The predicted octanol–water partition coefficient (Wildman–Crippen LogP) is 3.15. The van der Waals surface area contributed by atoms with Crippen molar-refractivity contribution in [3.05, 3.63) is 29.8 Å². The van der Waals surface area contributed by atoms with Crippen molar-refractivity contribution >= 4 is 23.5 Å². The Labute approximate surface area is 182 Å². The molecule has 4 bridgehead atoms. The zero-order valence-corrected chi connectivity index (χ0v) is 18.0. The van der Waals surface area contributed by atoms with Gasteiger partial charge in [-0.1, -0.05) is 12.1 Å². The highest BCUT2D eigenvalue weighted by Gasteiger charge is 2.54. The minimum atomic E-state index is -1.06. The van der Waals surface area contributed by atoms with E-state index in [1.807, 2.05) is 6.07 Å². The second-order valence-corrected chi connectivity index (χ2v) is 9.62. The summed E-state index contributed by atoms with van der Waals surface area (Å²) < 4.78 is 5.29. The Kier molecular flexibility index (Phi) is 5.74. The number of nitrogens with one attached hydrogen (secondary N) is 2. The number of nitrogens with zero attached hydrogens (tertiary/aromatic N) is 1. The summed E-state index contributed by atoms with van der Waals surface area (Å²) in [5.74, 6) is 0.693. The van der Waals surface area contributed by atoms with E-state index in [4.69, 9.17) is 10.00 Å². The van der Waals surface area contributed by atoms with Crippen LogP contribution < -0.4 is 10.6 Å². The molecular weight excluding hydrogens is 394 g/mol. The molecule has 164 valence electrons. The highest BCUT2D eigenvalue weighted by molar-refractivity contribution is 5.96. The summed E-state index contributed by atoms with van der Waals surface area (Å²) in [7, 11) is 0. The average molecular weight is 424 g/mol. The van der Waals surface area contributed by atoms with Crippen molar-refractivity contribution in [1.82, 2.24) is 5.32 Å². The Hall–Kier alpha value is -2.88. The summed E-state index contributed by atoms with van der Waals surface area (Å²) in [6, 6.07) is 7.78. The van der Waals surface area contributed by atoms with Crippen molar-refractivity contribution in [2.24, 2.45) is 23.2 Å². The van der Waals surface area contributed by atoms with Gasteiger partial charge in [-0.2, -0.15) is 5.26 Å². The maximum atomic E-state index is 13.1. The highest BCUT2D eigenvalue weighted by atomic mass is 16.5. The molecule has 2 N–H and O–H groups in total. The number of carbonyl (C=O) groups is 3. The van der Waals surface area contributed by atoms with E-state index in [1.165, 1.54) is 26.2 Å². The van der Waals surface area contributed by atoms with E-state index in [2.05, 4.69) is 10.6 Å². The first-order valence-electron chi connectivity index (χ1n) is 11.1. The van der Waals surface area contributed by atoms with Gasteiger partial charge in [-0.25, -0.2) is 4.79 Å². The molecule has 1 aromatic rings. The SMILES string of the molecule is C[C@H](NC(=O)C12CC3CC(CC(C3)C1)C2)C(=O)O[C@H](C)C(=O)Nc1ccccc1C#N. The smallest absolute Gasteiger partial charge is 0.329 e. The maximum Gasteiger partial charge on any atom is 0.329 e. The molecule has 31 heavy (non-hydrogen) atoms. The first kappa shape index (κ1) is 21.4. The van der Waals surface area contributed by atoms with Gasteiger partial charge < -0.3 is 15.4 Å². The van der Waals surface area contributed by atoms with Crippen molar-refractivity contribution in [1.29, 1.82) is 5.26 Å². The van der Waals surface area contributed by atoms with E-state index in [0.29, 0.717) is 29.0 Å². The van der Waals surface area contributed by atoms with Gasteiger partial charge in [0.1, 0.15) is 12.1 Å². The molecule has 7 heteroatoms. The quantitative estimate of drug-likeness (QED) is 0.684. The average Bonchev–Trinajstić information content (AvgIpc) is 2.72. The van der Waals surface area contributed by atoms with E-state index in [0.717, 1.165) is 19.3 Å². The molecule has 4 saturated carbocycles. The van der Waals surface area contributed by atoms with Crippen molar-refractivity contribution in [2.45, 2.75) is 64.5 Å². The van der Waals surface area contributed by atoms with Gasteiger partial charge in [-0.15, -0.1) is 0 Å². The monoisotopic (exact) mass is 423 g/mol. The highest BCUT2D eigenvalue weighted by Crippen LogP contribution is 2.60. The summed E-state index contributed by atoms with van der Waals surface area (Å²) in [6.07, 6.45) is 5.43. The second-order valence-electron chi connectivity index (χ2n) is 9.62. The number of para-hydroxylation sites is 1. The van der Waals surface area contributed by atoms with Crippen LogP contribution >= 0.6 is 0 Å². The first-order chi connectivity index (χ1) is 14.8. The first-order valence-corrected chi connectivity index (χ1v) is 11.1. The van der Waals surface area contributed by atoms with Crippen LogP contribution in [0.1, 0.15) is 57.9 Å². The topological polar surface area (TPSA) is 108 Å². The van der Waals surface area contributed by atoms with Gasteiger partial charge in [0.2, 0.25) is 5.91 Å². The van der Waals surface area contributed by atoms with Gasteiger partial charge >= 0.3 is 5.97 Å². The number of anilines is 1. The fourth-order valence-corrected chi connectivity index (χ4v) is 6.05. The fourth-order valence-electron chi connectivity index (χ4n) is 6.05. The van der Waals surface area contributed by atoms with Gasteiger partial charge in [0.25, 0.3) is 5.91 Å². The third-order valence-electron chi connectivity index (χ3n) is 7.19. The summed E-state index contributed by atoms with van der Waals surface area (Å²) in [4.78, 5) is 38.0. The van der Waals surface area contributed by atoms with Crippen LogP contribution in [0.25, 0.3) is 0 Å². The molecule has 4 aliphatic carbocycles. The van der Waals surface area contributed by atoms with Crippen molar-refractivity contribution in [3.8, 4) is 6.07 Å². The molecule has 0 radical (unpaired) electrons. The summed E-state index contributed by atoms with van der Waals surface area (Å²) in [5, 5.41) is 14.6. The number of ether oxygens (including phenoxy) is 1. The largest absolute Gasteiger partial charge is 0.451 e. The molecule has 0 spiro atoms. The Morgan fingerprint density at radius 1 is 1.06 bits per heavy atom. The van der Waals surface area contributed by atoms with E-state index in [1.54, 1.807) is 31.2 Å². The summed E-state index contributed by atoms with van der Waals surface area (Å²) in [5.41, 5.74) is 0.347. The maximum absolute atomic E-state index is 13.1. The van der Waals surface area contributed by atoms with Gasteiger partial charge in [0.05, 0.1) is 11.3 Å². The van der Waals surface area contributed by atoms with Crippen molar-refractivity contribution in [2.75, 3.05) is 5.32 Å². The molecule has 0 heterocycles. The molecule has 0 saturated heterocycles. The third-order valence-corrected chi connectivity index (χ3v) is 7.19. The van der Waals surface area contributed by atoms with Crippen molar-refractivity contribution < 1.29 is 19.1 Å². The molecule has 2 atom stereocenters.